The molecule has 1 N–H and O–H groups in total. The highest BCUT2D eigenvalue weighted by molar-refractivity contribution is 5.91. The van der Waals surface area contributed by atoms with E-state index in [4.69, 9.17) is 4.74 Å². The third kappa shape index (κ3) is 5.64. The molecule has 0 aliphatic carbocycles. The number of carbonyl (C=O) groups excluding carboxylic acids is 2. The van der Waals surface area contributed by atoms with E-state index >= 15 is 0 Å². The van der Waals surface area contributed by atoms with E-state index in [0.29, 0.717) is 12.1 Å². The van der Waals surface area contributed by atoms with Gasteiger partial charge in [0.15, 0.2) is 6.61 Å². The molecular weight excluding hydrogens is 316 g/mol. The molecule has 1 amide bonds. The topological polar surface area (TPSA) is 58.6 Å². The highest BCUT2D eigenvalue weighted by atomic mass is 16.5. The highest BCUT2D eigenvalue weighted by Crippen LogP contribution is 2.15. The van der Waals surface area contributed by atoms with Crippen LogP contribution in [0.5, 0.6) is 0 Å². The van der Waals surface area contributed by atoms with Gasteiger partial charge in [0.1, 0.15) is 0 Å². The van der Waals surface area contributed by atoms with Crippen molar-refractivity contribution in [3.8, 4) is 0 Å². The van der Waals surface area contributed by atoms with Crippen molar-refractivity contribution in [2.24, 2.45) is 0 Å². The van der Waals surface area contributed by atoms with Crippen molar-refractivity contribution in [2.75, 3.05) is 24.6 Å². The Balaban J connectivity index is 1.80. The van der Waals surface area contributed by atoms with Crippen LogP contribution >= 0.6 is 0 Å². The standard InChI is InChI=1S/C20H24N2O3/c1-3-22(4-2)18-12-10-17(11-13-18)20(24)25-15-19(23)21-14-16-8-6-5-7-9-16/h5-13H,3-4,14-15H2,1-2H3,(H,21,23). The molecule has 0 spiro atoms. The Hall–Kier alpha value is -2.82. The number of anilines is 1. The number of ether oxygens (including phenoxy) is 1. The molecule has 0 aromatic heterocycles. The second-order valence-corrected chi connectivity index (χ2v) is 5.56. The molecule has 0 saturated heterocycles. The van der Waals surface area contributed by atoms with Crippen molar-refractivity contribution in [1.29, 1.82) is 0 Å². The summed E-state index contributed by atoms with van der Waals surface area (Å²) < 4.78 is 5.07. The fourth-order valence-corrected chi connectivity index (χ4v) is 2.46. The van der Waals surface area contributed by atoms with E-state index in [1.807, 2.05) is 42.5 Å². The first-order valence-corrected chi connectivity index (χ1v) is 8.46. The lowest BCUT2D eigenvalue weighted by atomic mass is 10.2. The van der Waals surface area contributed by atoms with Crippen LogP contribution in [0.25, 0.3) is 0 Å². The molecule has 0 atom stereocenters. The second kappa shape index (κ2) is 9.47. The first-order chi connectivity index (χ1) is 12.1. The molecule has 5 nitrogen and oxygen atoms in total. The first-order valence-electron chi connectivity index (χ1n) is 8.46. The predicted molar refractivity (Wildman–Crippen MR) is 98.6 cm³/mol. The number of carbonyl (C=O) groups is 2. The van der Waals surface area contributed by atoms with Crippen LogP contribution in [-0.2, 0) is 16.1 Å². The molecule has 2 aromatic rings. The van der Waals surface area contributed by atoms with Crippen LogP contribution < -0.4 is 10.2 Å². The molecular formula is C20H24N2O3. The SMILES string of the molecule is CCN(CC)c1ccc(C(=O)OCC(=O)NCc2ccccc2)cc1. The third-order valence-electron chi connectivity index (χ3n) is 3.90. The summed E-state index contributed by atoms with van der Waals surface area (Å²) in [5, 5.41) is 2.72. The largest absolute Gasteiger partial charge is 0.452 e. The van der Waals surface area contributed by atoms with Crippen LogP contribution in [-0.4, -0.2) is 31.6 Å². The zero-order valence-electron chi connectivity index (χ0n) is 14.7. The Morgan fingerprint density at radius 2 is 1.60 bits per heavy atom. The van der Waals surface area contributed by atoms with Crippen LogP contribution in [0, 0.1) is 0 Å². The molecule has 0 radical (unpaired) electrons. The normalized spacial score (nSPS) is 10.2. The minimum absolute atomic E-state index is 0.288. The van der Waals surface area contributed by atoms with Crippen molar-refractivity contribution >= 4 is 17.6 Å². The van der Waals surface area contributed by atoms with E-state index in [1.54, 1.807) is 12.1 Å². The Morgan fingerprint density at radius 1 is 0.960 bits per heavy atom. The molecule has 0 saturated carbocycles. The molecule has 2 aromatic carbocycles. The Labute approximate surface area is 148 Å². The Bertz CT molecular complexity index is 680. The van der Waals surface area contributed by atoms with Crippen LogP contribution in [0.4, 0.5) is 5.69 Å². The first kappa shape index (κ1) is 18.5. The highest BCUT2D eigenvalue weighted by Gasteiger charge is 2.11. The fraction of sp³-hybridized carbons (Fsp3) is 0.300. The number of amides is 1. The van der Waals surface area contributed by atoms with Gasteiger partial charge in [0, 0.05) is 25.3 Å². The lowest BCUT2D eigenvalue weighted by Gasteiger charge is -2.20. The smallest absolute Gasteiger partial charge is 0.338 e. The van der Waals surface area contributed by atoms with Crippen molar-refractivity contribution in [2.45, 2.75) is 20.4 Å². The molecule has 0 heterocycles. The van der Waals surface area contributed by atoms with Crippen molar-refractivity contribution in [3.05, 3.63) is 65.7 Å². The van der Waals surface area contributed by atoms with Crippen LogP contribution in [0.3, 0.4) is 0 Å². The van der Waals surface area contributed by atoms with Gasteiger partial charge in [0.25, 0.3) is 5.91 Å². The summed E-state index contributed by atoms with van der Waals surface area (Å²) in [6.45, 7) is 6.10. The van der Waals surface area contributed by atoms with E-state index < -0.39 is 5.97 Å². The number of esters is 1. The summed E-state index contributed by atoms with van der Waals surface area (Å²) in [4.78, 5) is 26.0. The lowest BCUT2D eigenvalue weighted by Crippen LogP contribution is -2.28. The van der Waals surface area contributed by atoms with Crippen LogP contribution in [0.2, 0.25) is 0 Å². The Morgan fingerprint density at radius 3 is 2.20 bits per heavy atom. The van der Waals surface area contributed by atoms with Crippen molar-refractivity contribution in [3.63, 3.8) is 0 Å². The van der Waals surface area contributed by atoms with Crippen molar-refractivity contribution < 1.29 is 14.3 Å². The summed E-state index contributed by atoms with van der Waals surface area (Å²) >= 11 is 0. The number of benzene rings is 2. The molecule has 25 heavy (non-hydrogen) atoms. The number of hydrogen-bond acceptors (Lipinski definition) is 4. The van der Waals surface area contributed by atoms with Gasteiger partial charge < -0.3 is 15.0 Å². The van der Waals surface area contributed by atoms with Gasteiger partial charge in [-0.25, -0.2) is 4.79 Å². The van der Waals surface area contributed by atoms with E-state index in [2.05, 4.69) is 24.1 Å². The molecule has 5 heteroatoms. The summed E-state index contributed by atoms with van der Waals surface area (Å²) in [5.74, 6) is -0.821. The van der Waals surface area contributed by atoms with Gasteiger partial charge in [0.2, 0.25) is 0 Å². The van der Waals surface area contributed by atoms with Gasteiger partial charge in [-0.2, -0.15) is 0 Å². The predicted octanol–water partition coefficient (Wildman–Crippen LogP) is 3.01. The average molecular weight is 340 g/mol. The minimum atomic E-state index is -0.499. The number of hydrogen-bond donors (Lipinski definition) is 1. The maximum Gasteiger partial charge on any atom is 0.338 e. The molecule has 0 aliphatic rings. The maximum absolute atomic E-state index is 12.0. The summed E-state index contributed by atoms with van der Waals surface area (Å²) in [5.41, 5.74) is 2.49. The quantitative estimate of drug-likeness (QED) is 0.751. The number of rotatable bonds is 8. The molecule has 132 valence electrons. The molecule has 0 aliphatic heterocycles. The number of nitrogens with one attached hydrogen (secondary N) is 1. The minimum Gasteiger partial charge on any atom is -0.452 e. The van der Waals surface area contributed by atoms with Gasteiger partial charge in [-0.3, -0.25) is 4.79 Å². The van der Waals surface area contributed by atoms with Gasteiger partial charge in [-0.1, -0.05) is 30.3 Å². The molecule has 0 fully saturated rings. The van der Waals surface area contributed by atoms with Crippen molar-refractivity contribution in [1.82, 2.24) is 5.32 Å². The monoisotopic (exact) mass is 340 g/mol. The zero-order chi connectivity index (χ0) is 18.1. The van der Waals surface area contributed by atoms with Gasteiger partial charge in [-0.05, 0) is 43.7 Å². The molecule has 0 unspecified atom stereocenters. The summed E-state index contributed by atoms with van der Waals surface area (Å²) in [6.07, 6.45) is 0. The maximum atomic E-state index is 12.0. The molecule has 0 bridgehead atoms. The number of nitrogens with zero attached hydrogens (tertiary/aromatic N) is 1. The average Bonchev–Trinajstić information content (AvgIpc) is 2.67. The molecule has 2 rings (SSSR count). The van der Waals surface area contributed by atoms with Gasteiger partial charge in [-0.15, -0.1) is 0 Å². The van der Waals surface area contributed by atoms with Gasteiger partial charge >= 0.3 is 5.97 Å². The van der Waals surface area contributed by atoms with E-state index in [0.717, 1.165) is 24.3 Å². The summed E-state index contributed by atoms with van der Waals surface area (Å²) in [7, 11) is 0. The Kier molecular flexibility index (Phi) is 7.01. The fourth-order valence-electron chi connectivity index (χ4n) is 2.46. The van der Waals surface area contributed by atoms with E-state index in [-0.39, 0.29) is 12.5 Å². The van der Waals surface area contributed by atoms with E-state index in [9.17, 15) is 9.59 Å². The van der Waals surface area contributed by atoms with Crippen LogP contribution in [0.15, 0.2) is 54.6 Å². The zero-order valence-corrected chi connectivity index (χ0v) is 14.7. The third-order valence-corrected chi connectivity index (χ3v) is 3.90. The van der Waals surface area contributed by atoms with Gasteiger partial charge in [0.05, 0.1) is 5.56 Å². The summed E-state index contributed by atoms with van der Waals surface area (Å²) in [6, 6.07) is 16.8. The lowest BCUT2D eigenvalue weighted by molar-refractivity contribution is -0.124. The van der Waals surface area contributed by atoms with Crippen LogP contribution in [0.1, 0.15) is 29.8 Å². The second-order valence-electron chi connectivity index (χ2n) is 5.56. The van der Waals surface area contributed by atoms with E-state index in [1.165, 1.54) is 0 Å².